The SMILES string of the molecule is COC(=O)CC(C)CCC1=C(C)C(=O)C(OC(C)=O)C2C(C)(C)CCCC12C. The van der Waals surface area contributed by atoms with Crippen molar-refractivity contribution in [2.24, 2.45) is 22.7 Å². The van der Waals surface area contributed by atoms with Crippen LogP contribution in [0.2, 0.25) is 0 Å². The minimum atomic E-state index is -0.700. The van der Waals surface area contributed by atoms with E-state index in [0.29, 0.717) is 6.42 Å². The second-order valence-electron chi connectivity index (χ2n) is 9.66. The number of Topliss-reactive ketones (excluding diaryl/α,β-unsaturated/α-hetero) is 1. The molecule has 0 bridgehead atoms. The third-order valence-electron chi connectivity index (χ3n) is 7.04. The Kier molecular flexibility index (Phi) is 6.78. The summed E-state index contributed by atoms with van der Waals surface area (Å²) in [5.41, 5.74) is 1.67. The molecule has 4 atom stereocenters. The Morgan fingerprint density at radius 1 is 1.21 bits per heavy atom. The molecule has 5 nitrogen and oxygen atoms in total. The van der Waals surface area contributed by atoms with E-state index < -0.39 is 12.1 Å². The highest BCUT2D eigenvalue weighted by atomic mass is 16.5. The maximum absolute atomic E-state index is 13.2. The monoisotopic (exact) mass is 392 g/mol. The zero-order valence-corrected chi connectivity index (χ0v) is 18.5. The van der Waals surface area contributed by atoms with Crippen molar-refractivity contribution in [3.63, 3.8) is 0 Å². The quantitative estimate of drug-likeness (QED) is 0.617. The average Bonchev–Trinajstić information content (AvgIpc) is 2.57. The number of hydrogen-bond acceptors (Lipinski definition) is 5. The largest absolute Gasteiger partial charge is 0.469 e. The molecule has 5 heteroatoms. The lowest BCUT2D eigenvalue weighted by Gasteiger charge is -2.56. The Hall–Kier alpha value is -1.65. The summed E-state index contributed by atoms with van der Waals surface area (Å²) >= 11 is 0. The molecule has 0 aliphatic heterocycles. The lowest BCUT2D eigenvalue weighted by Crippen LogP contribution is -2.56. The van der Waals surface area contributed by atoms with Crippen LogP contribution in [0.4, 0.5) is 0 Å². The van der Waals surface area contributed by atoms with E-state index in [1.54, 1.807) is 0 Å². The van der Waals surface area contributed by atoms with Gasteiger partial charge >= 0.3 is 11.9 Å². The zero-order chi connectivity index (χ0) is 21.3. The number of allylic oxidation sites excluding steroid dienone is 1. The van der Waals surface area contributed by atoms with Crippen molar-refractivity contribution >= 4 is 17.7 Å². The molecule has 4 unspecified atom stereocenters. The third-order valence-corrected chi connectivity index (χ3v) is 7.04. The highest BCUT2D eigenvalue weighted by molar-refractivity contribution is 6.01. The molecule has 0 N–H and O–H groups in total. The van der Waals surface area contributed by atoms with Crippen LogP contribution in [0.25, 0.3) is 0 Å². The molecule has 2 rings (SSSR count). The molecule has 28 heavy (non-hydrogen) atoms. The van der Waals surface area contributed by atoms with E-state index in [0.717, 1.165) is 37.7 Å². The average molecular weight is 393 g/mol. The zero-order valence-electron chi connectivity index (χ0n) is 18.5. The van der Waals surface area contributed by atoms with Gasteiger partial charge in [0.05, 0.1) is 7.11 Å². The van der Waals surface area contributed by atoms with Crippen LogP contribution in [0.5, 0.6) is 0 Å². The summed E-state index contributed by atoms with van der Waals surface area (Å²) in [6.45, 7) is 11.9. The van der Waals surface area contributed by atoms with E-state index in [1.807, 2.05) is 13.8 Å². The van der Waals surface area contributed by atoms with E-state index in [2.05, 4.69) is 20.8 Å². The van der Waals surface area contributed by atoms with Gasteiger partial charge in [-0.2, -0.15) is 0 Å². The molecule has 0 radical (unpaired) electrons. The Labute approximate surface area is 169 Å². The van der Waals surface area contributed by atoms with E-state index in [4.69, 9.17) is 9.47 Å². The van der Waals surface area contributed by atoms with Gasteiger partial charge in [-0.15, -0.1) is 0 Å². The minimum Gasteiger partial charge on any atom is -0.469 e. The molecule has 158 valence electrons. The normalized spacial score (nSPS) is 30.5. The van der Waals surface area contributed by atoms with E-state index in [-0.39, 0.29) is 34.4 Å². The smallest absolute Gasteiger partial charge is 0.305 e. The first kappa shape index (κ1) is 22.6. The second-order valence-corrected chi connectivity index (χ2v) is 9.66. The molecular weight excluding hydrogens is 356 g/mol. The van der Waals surface area contributed by atoms with Crippen molar-refractivity contribution < 1.29 is 23.9 Å². The van der Waals surface area contributed by atoms with Crippen LogP contribution in [0, 0.1) is 22.7 Å². The van der Waals surface area contributed by atoms with Crippen LogP contribution >= 0.6 is 0 Å². The number of methoxy groups -OCH3 is 1. The second kappa shape index (κ2) is 8.38. The number of ether oxygens (including phenoxy) is 2. The molecule has 1 fully saturated rings. The van der Waals surface area contributed by atoms with Gasteiger partial charge in [-0.1, -0.05) is 39.7 Å². The van der Waals surface area contributed by atoms with Gasteiger partial charge in [0.15, 0.2) is 11.9 Å². The highest BCUT2D eigenvalue weighted by Gasteiger charge is 2.58. The molecule has 0 heterocycles. The van der Waals surface area contributed by atoms with Crippen LogP contribution in [0.15, 0.2) is 11.1 Å². The fourth-order valence-electron chi connectivity index (χ4n) is 5.74. The molecule has 0 aromatic rings. The molecule has 1 saturated carbocycles. The maximum Gasteiger partial charge on any atom is 0.305 e. The number of hydrogen-bond donors (Lipinski definition) is 0. The number of carbonyl (C=O) groups is 3. The van der Waals surface area contributed by atoms with Crippen LogP contribution < -0.4 is 0 Å². The lowest BCUT2D eigenvalue weighted by molar-refractivity contribution is -0.167. The van der Waals surface area contributed by atoms with Crippen molar-refractivity contribution in [2.45, 2.75) is 86.2 Å². The third kappa shape index (κ3) is 4.33. The Bertz CT molecular complexity index is 674. The van der Waals surface area contributed by atoms with Crippen molar-refractivity contribution in [1.82, 2.24) is 0 Å². The van der Waals surface area contributed by atoms with Crippen LogP contribution in [-0.2, 0) is 23.9 Å². The molecule has 2 aliphatic carbocycles. The number of rotatable bonds is 6. The fourth-order valence-corrected chi connectivity index (χ4v) is 5.74. The number of carbonyl (C=O) groups excluding carboxylic acids is 3. The first-order valence-electron chi connectivity index (χ1n) is 10.4. The summed E-state index contributed by atoms with van der Waals surface area (Å²) in [4.78, 5) is 36.5. The molecule has 0 saturated heterocycles. The first-order valence-corrected chi connectivity index (χ1v) is 10.4. The Morgan fingerprint density at radius 3 is 2.43 bits per heavy atom. The molecular formula is C23H36O5. The molecule has 0 aromatic carbocycles. The molecule has 0 spiro atoms. The standard InChI is InChI=1S/C23H36O5/c1-14(13-18(25)27-7)9-10-17-15(2)19(26)20(28-16(3)24)21-22(4,5)11-8-12-23(17,21)6/h14,20-21H,8-13H2,1-7H3. The van der Waals surface area contributed by atoms with Crippen molar-refractivity contribution in [2.75, 3.05) is 7.11 Å². The number of esters is 2. The van der Waals surface area contributed by atoms with Gasteiger partial charge in [0.2, 0.25) is 0 Å². The number of ketones is 1. The van der Waals surface area contributed by atoms with Gasteiger partial charge in [-0.3, -0.25) is 14.4 Å². The van der Waals surface area contributed by atoms with Crippen LogP contribution in [-0.4, -0.2) is 30.9 Å². The van der Waals surface area contributed by atoms with Gasteiger partial charge in [-0.25, -0.2) is 0 Å². The van der Waals surface area contributed by atoms with Gasteiger partial charge in [0, 0.05) is 19.3 Å². The van der Waals surface area contributed by atoms with Gasteiger partial charge in [0.25, 0.3) is 0 Å². The maximum atomic E-state index is 13.2. The Balaban J connectivity index is 2.38. The van der Waals surface area contributed by atoms with Crippen molar-refractivity contribution in [3.05, 3.63) is 11.1 Å². The summed E-state index contributed by atoms with van der Waals surface area (Å²) in [7, 11) is 1.41. The summed E-state index contributed by atoms with van der Waals surface area (Å²) in [5.74, 6) is -0.489. The van der Waals surface area contributed by atoms with Gasteiger partial charge in [-0.05, 0) is 54.9 Å². The van der Waals surface area contributed by atoms with Gasteiger partial charge in [0.1, 0.15) is 0 Å². The highest BCUT2D eigenvalue weighted by Crippen LogP contribution is 2.60. The number of fused-ring (bicyclic) bond motifs is 1. The summed E-state index contributed by atoms with van der Waals surface area (Å²) in [5, 5.41) is 0. The fraction of sp³-hybridized carbons (Fsp3) is 0.783. The van der Waals surface area contributed by atoms with Gasteiger partial charge < -0.3 is 9.47 Å². The summed E-state index contributed by atoms with van der Waals surface area (Å²) in [6, 6.07) is 0. The van der Waals surface area contributed by atoms with Crippen LogP contribution in [0.1, 0.15) is 80.1 Å². The van der Waals surface area contributed by atoms with Crippen LogP contribution in [0.3, 0.4) is 0 Å². The summed E-state index contributed by atoms with van der Waals surface area (Å²) in [6.07, 6.45) is 4.40. The van der Waals surface area contributed by atoms with E-state index in [1.165, 1.54) is 19.6 Å². The summed E-state index contributed by atoms with van der Waals surface area (Å²) < 4.78 is 10.4. The first-order chi connectivity index (χ1) is 12.9. The molecule has 0 amide bonds. The van der Waals surface area contributed by atoms with Crippen molar-refractivity contribution in [1.29, 1.82) is 0 Å². The van der Waals surface area contributed by atoms with E-state index >= 15 is 0 Å². The van der Waals surface area contributed by atoms with Crippen molar-refractivity contribution in [3.8, 4) is 0 Å². The Morgan fingerprint density at radius 2 is 1.86 bits per heavy atom. The minimum absolute atomic E-state index is 0.0280. The molecule has 2 aliphatic rings. The predicted molar refractivity (Wildman–Crippen MR) is 108 cm³/mol. The van der Waals surface area contributed by atoms with E-state index in [9.17, 15) is 14.4 Å². The molecule has 0 aromatic heterocycles. The topological polar surface area (TPSA) is 69.7 Å². The lowest BCUT2D eigenvalue weighted by atomic mass is 9.48. The predicted octanol–water partition coefficient (Wildman–Crippen LogP) is 4.63.